The van der Waals surface area contributed by atoms with E-state index in [1.165, 1.54) is 5.56 Å². The molecule has 0 saturated carbocycles. The van der Waals surface area contributed by atoms with Crippen LogP contribution in [0.2, 0.25) is 0 Å². The minimum Gasteiger partial charge on any atom is -0.497 e. The van der Waals surface area contributed by atoms with Crippen molar-refractivity contribution in [2.75, 3.05) is 19.0 Å². The van der Waals surface area contributed by atoms with Crippen LogP contribution in [0.4, 0.5) is 0 Å². The van der Waals surface area contributed by atoms with Gasteiger partial charge in [-0.05, 0) is 37.0 Å². The number of unbranched alkanes of at least 4 members (excludes halogenated alkanes) is 1. The zero-order valence-electron chi connectivity index (χ0n) is 10.7. The van der Waals surface area contributed by atoms with Gasteiger partial charge in [-0.15, -0.1) is 0 Å². The average Bonchev–Trinajstić information content (AvgIpc) is 2.39. The van der Waals surface area contributed by atoms with Crippen molar-refractivity contribution in [1.82, 2.24) is 5.32 Å². The Morgan fingerprint density at radius 1 is 1.39 bits per heavy atom. The molecule has 0 radical (unpaired) electrons. The van der Waals surface area contributed by atoms with Crippen molar-refractivity contribution in [2.45, 2.75) is 25.7 Å². The van der Waals surface area contributed by atoms with E-state index in [1.54, 1.807) is 7.11 Å². The van der Waals surface area contributed by atoms with Crippen LogP contribution in [0.15, 0.2) is 24.3 Å². The molecule has 0 heterocycles. The summed E-state index contributed by atoms with van der Waals surface area (Å²) in [6, 6.07) is 7.92. The lowest BCUT2D eigenvalue weighted by atomic mass is 10.1. The number of rotatable bonds is 8. The van der Waals surface area contributed by atoms with E-state index in [-0.39, 0.29) is 5.91 Å². The molecule has 0 unspecified atom stereocenters. The molecule has 0 aromatic heterocycles. The summed E-state index contributed by atoms with van der Waals surface area (Å²) in [6.07, 6.45) is 3.44. The third kappa shape index (κ3) is 6.05. The number of carbonyl (C=O) groups is 1. The molecular formula is C14H20BrNO2. The van der Waals surface area contributed by atoms with Crippen LogP contribution >= 0.6 is 15.9 Å². The number of hydrogen-bond acceptors (Lipinski definition) is 2. The molecule has 0 aliphatic rings. The van der Waals surface area contributed by atoms with Crippen LogP contribution in [0, 0.1) is 0 Å². The van der Waals surface area contributed by atoms with Crippen LogP contribution < -0.4 is 10.1 Å². The Bertz CT molecular complexity index is 369. The minimum absolute atomic E-state index is 0.138. The molecule has 0 aliphatic carbocycles. The Morgan fingerprint density at radius 3 is 2.94 bits per heavy atom. The van der Waals surface area contributed by atoms with Crippen LogP contribution in [-0.2, 0) is 11.2 Å². The van der Waals surface area contributed by atoms with Gasteiger partial charge in [0.25, 0.3) is 0 Å². The second-order valence-corrected chi connectivity index (χ2v) is 4.89. The van der Waals surface area contributed by atoms with E-state index in [0.29, 0.717) is 13.0 Å². The highest BCUT2D eigenvalue weighted by Crippen LogP contribution is 2.12. The van der Waals surface area contributed by atoms with E-state index in [4.69, 9.17) is 4.74 Å². The smallest absolute Gasteiger partial charge is 0.220 e. The number of benzene rings is 1. The zero-order chi connectivity index (χ0) is 13.2. The van der Waals surface area contributed by atoms with Gasteiger partial charge >= 0.3 is 0 Å². The highest BCUT2D eigenvalue weighted by molar-refractivity contribution is 9.09. The second-order valence-electron chi connectivity index (χ2n) is 4.10. The molecule has 3 nitrogen and oxygen atoms in total. The maximum Gasteiger partial charge on any atom is 0.220 e. The average molecular weight is 314 g/mol. The van der Waals surface area contributed by atoms with Crippen LogP contribution in [-0.4, -0.2) is 24.9 Å². The maximum absolute atomic E-state index is 11.5. The summed E-state index contributed by atoms with van der Waals surface area (Å²) in [6.45, 7) is 0.681. The molecule has 1 amide bonds. The first-order valence-corrected chi connectivity index (χ1v) is 7.34. The first-order valence-electron chi connectivity index (χ1n) is 6.22. The Balaban J connectivity index is 2.22. The van der Waals surface area contributed by atoms with Crippen molar-refractivity contribution in [3.63, 3.8) is 0 Å². The van der Waals surface area contributed by atoms with Gasteiger partial charge in [0, 0.05) is 18.3 Å². The third-order valence-electron chi connectivity index (χ3n) is 2.66. The van der Waals surface area contributed by atoms with Crippen molar-refractivity contribution >= 4 is 21.8 Å². The molecular weight excluding hydrogens is 294 g/mol. The van der Waals surface area contributed by atoms with Gasteiger partial charge in [-0.3, -0.25) is 4.79 Å². The van der Waals surface area contributed by atoms with Crippen LogP contribution in [0.1, 0.15) is 24.8 Å². The highest BCUT2D eigenvalue weighted by atomic mass is 79.9. The summed E-state index contributed by atoms with van der Waals surface area (Å²) < 4.78 is 5.16. The second kappa shape index (κ2) is 8.97. The fraction of sp³-hybridized carbons (Fsp3) is 0.500. The number of alkyl halides is 1. The number of ether oxygens (including phenoxy) is 1. The van der Waals surface area contributed by atoms with Crippen molar-refractivity contribution in [2.24, 2.45) is 0 Å². The van der Waals surface area contributed by atoms with E-state index in [1.807, 2.05) is 24.3 Å². The Labute approximate surface area is 117 Å². The molecule has 0 saturated heterocycles. The summed E-state index contributed by atoms with van der Waals surface area (Å²) in [4.78, 5) is 11.5. The van der Waals surface area contributed by atoms with E-state index < -0.39 is 0 Å². The summed E-state index contributed by atoms with van der Waals surface area (Å²) in [5, 5.41) is 3.89. The number of nitrogens with one attached hydrogen (secondary N) is 1. The van der Waals surface area contributed by atoms with Gasteiger partial charge in [0.1, 0.15) is 5.75 Å². The van der Waals surface area contributed by atoms with Crippen molar-refractivity contribution in [3.8, 4) is 5.75 Å². The molecule has 0 fully saturated rings. The molecule has 0 bridgehead atoms. The molecule has 18 heavy (non-hydrogen) atoms. The molecule has 1 aromatic carbocycles. The van der Waals surface area contributed by atoms with Gasteiger partial charge in [-0.2, -0.15) is 0 Å². The fourth-order valence-electron chi connectivity index (χ4n) is 1.64. The summed E-state index contributed by atoms with van der Waals surface area (Å²) in [7, 11) is 1.66. The van der Waals surface area contributed by atoms with Crippen LogP contribution in [0.25, 0.3) is 0 Å². The quantitative estimate of drug-likeness (QED) is 0.592. The summed E-state index contributed by atoms with van der Waals surface area (Å²) in [5.41, 5.74) is 1.18. The maximum atomic E-state index is 11.5. The van der Waals surface area contributed by atoms with E-state index in [2.05, 4.69) is 21.2 Å². The molecule has 0 aliphatic heterocycles. The van der Waals surface area contributed by atoms with Gasteiger partial charge in [0.15, 0.2) is 0 Å². The summed E-state index contributed by atoms with van der Waals surface area (Å²) >= 11 is 3.35. The minimum atomic E-state index is 0.138. The van der Waals surface area contributed by atoms with E-state index >= 15 is 0 Å². The molecule has 1 rings (SSSR count). The van der Waals surface area contributed by atoms with Gasteiger partial charge in [-0.1, -0.05) is 28.1 Å². The van der Waals surface area contributed by atoms with Crippen LogP contribution in [0.3, 0.4) is 0 Å². The molecule has 1 N–H and O–H groups in total. The Hall–Kier alpha value is -1.03. The van der Waals surface area contributed by atoms with Gasteiger partial charge in [-0.25, -0.2) is 0 Å². The molecule has 0 atom stereocenters. The normalized spacial score (nSPS) is 10.1. The number of halogens is 1. The SMILES string of the molecule is COc1cccc(CCNC(=O)CCCCBr)c1. The lowest BCUT2D eigenvalue weighted by Crippen LogP contribution is -2.25. The predicted molar refractivity (Wildman–Crippen MR) is 77.4 cm³/mol. The van der Waals surface area contributed by atoms with E-state index in [9.17, 15) is 4.79 Å². The first-order chi connectivity index (χ1) is 8.76. The predicted octanol–water partition coefficient (Wildman–Crippen LogP) is 2.92. The van der Waals surface area contributed by atoms with Crippen molar-refractivity contribution in [3.05, 3.63) is 29.8 Å². The summed E-state index contributed by atoms with van der Waals surface area (Å²) in [5.74, 6) is 0.995. The van der Waals surface area contributed by atoms with Gasteiger partial charge in [0.2, 0.25) is 5.91 Å². The standard InChI is InChI=1S/C14H20BrNO2/c1-18-13-6-4-5-12(11-13)8-10-16-14(17)7-2-3-9-15/h4-6,11H,2-3,7-10H2,1H3,(H,16,17). The number of methoxy groups -OCH3 is 1. The first kappa shape index (κ1) is 15.0. The largest absolute Gasteiger partial charge is 0.497 e. The van der Waals surface area contributed by atoms with Gasteiger partial charge < -0.3 is 10.1 Å². The number of amides is 1. The number of carbonyl (C=O) groups excluding carboxylic acids is 1. The van der Waals surface area contributed by atoms with Gasteiger partial charge in [0.05, 0.1) is 7.11 Å². The van der Waals surface area contributed by atoms with Crippen molar-refractivity contribution in [1.29, 1.82) is 0 Å². The van der Waals surface area contributed by atoms with Crippen molar-refractivity contribution < 1.29 is 9.53 Å². The topological polar surface area (TPSA) is 38.3 Å². The molecule has 4 heteroatoms. The lowest BCUT2D eigenvalue weighted by Gasteiger charge is -2.06. The van der Waals surface area contributed by atoms with Crippen LogP contribution in [0.5, 0.6) is 5.75 Å². The third-order valence-corrected chi connectivity index (χ3v) is 3.22. The molecule has 0 spiro atoms. The number of hydrogen-bond donors (Lipinski definition) is 1. The lowest BCUT2D eigenvalue weighted by molar-refractivity contribution is -0.121. The Kier molecular flexibility index (Phi) is 7.49. The molecule has 100 valence electrons. The Morgan fingerprint density at radius 2 is 2.22 bits per heavy atom. The fourth-order valence-corrected chi connectivity index (χ4v) is 2.04. The monoisotopic (exact) mass is 313 g/mol. The molecule has 1 aromatic rings. The zero-order valence-corrected chi connectivity index (χ0v) is 12.3. The highest BCUT2D eigenvalue weighted by Gasteiger charge is 2.01. The van der Waals surface area contributed by atoms with E-state index in [0.717, 1.165) is 30.3 Å².